The maximum absolute atomic E-state index is 4.33. The average molecular weight is 357 g/mol. The number of hydrogen-bond acceptors (Lipinski definition) is 6. The number of nitrogens with zero attached hydrogens (tertiary/aromatic N) is 4. The molecule has 1 aromatic rings. The summed E-state index contributed by atoms with van der Waals surface area (Å²) in [5.41, 5.74) is 0. The Bertz CT molecular complexity index is 455. The predicted octanol–water partition coefficient (Wildman–Crippen LogP) is 1.72. The van der Waals surface area contributed by atoms with Crippen LogP contribution in [0.3, 0.4) is 0 Å². The molecule has 1 aromatic heterocycles. The van der Waals surface area contributed by atoms with Crippen LogP contribution < -0.4 is 10.6 Å². The molecule has 0 amide bonds. The van der Waals surface area contributed by atoms with Crippen LogP contribution in [0.1, 0.15) is 13.3 Å². The predicted molar refractivity (Wildman–Crippen MR) is 90.9 cm³/mol. The molecule has 0 aromatic carbocycles. The largest absolute Gasteiger partial charge is 0.369 e. The van der Waals surface area contributed by atoms with E-state index in [4.69, 9.17) is 0 Å². The summed E-state index contributed by atoms with van der Waals surface area (Å²) >= 11 is 3.59. The molecule has 2 heterocycles. The van der Waals surface area contributed by atoms with Crippen molar-refractivity contribution in [2.24, 2.45) is 0 Å². The van der Waals surface area contributed by atoms with Crippen molar-refractivity contribution in [3.05, 3.63) is 10.8 Å². The second-order valence-corrected chi connectivity index (χ2v) is 6.38. The van der Waals surface area contributed by atoms with E-state index in [0.717, 1.165) is 55.3 Å². The molecule has 7 heteroatoms. The monoisotopic (exact) mass is 356 g/mol. The number of anilines is 2. The van der Waals surface area contributed by atoms with Crippen molar-refractivity contribution in [2.45, 2.75) is 19.4 Å². The van der Waals surface area contributed by atoms with E-state index in [1.165, 1.54) is 0 Å². The van der Waals surface area contributed by atoms with Crippen molar-refractivity contribution < 1.29 is 0 Å². The fraction of sp³-hybridized carbons (Fsp3) is 0.714. The third kappa shape index (κ3) is 4.52. The van der Waals surface area contributed by atoms with Crippen LogP contribution in [0.5, 0.6) is 0 Å². The molecule has 1 aliphatic heterocycles. The minimum absolute atomic E-state index is 0.498. The molecular weight excluding hydrogens is 332 g/mol. The third-order valence-electron chi connectivity index (χ3n) is 3.82. The Balaban J connectivity index is 1.96. The molecule has 0 spiro atoms. The van der Waals surface area contributed by atoms with Gasteiger partial charge in [-0.1, -0.05) is 6.92 Å². The van der Waals surface area contributed by atoms with Crippen molar-refractivity contribution in [2.75, 3.05) is 57.5 Å². The fourth-order valence-corrected chi connectivity index (χ4v) is 2.88. The zero-order valence-electron chi connectivity index (χ0n) is 13.1. The maximum Gasteiger partial charge on any atom is 0.146 e. The number of nitrogens with one attached hydrogen (secondary N) is 2. The number of rotatable bonds is 6. The van der Waals surface area contributed by atoms with Gasteiger partial charge in [0, 0.05) is 38.8 Å². The van der Waals surface area contributed by atoms with E-state index in [9.17, 15) is 0 Å². The summed E-state index contributed by atoms with van der Waals surface area (Å²) in [7, 11) is 4.36. The molecule has 1 fully saturated rings. The lowest BCUT2D eigenvalue weighted by Gasteiger charge is -2.37. The van der Waals surface area contributed by atoms with Crippen molar-refractivity contribution in [1.29, 1.82) is 0 Å². The van der Waals surface area contributed by atoms with Gasteiger partial charge in [0.25, 0.3) is 0 Å². The van der Waals surface area contributed by atoms with Gasteiger partial charge in [-0.2, -0.15) is 0 Å². The van der Waals surface area contributed by atoms with E-state index in [1.54, 1.807) is 6.33 Å². The Kier molecular flexibility index (Phi) is 6.20. The van der Waals surface area contributed by atoms with Gasteiger partial charge in [-0.3, -0.25) is 4.90 Å². The highest BCUT2D eigenvalue weighted by molar-refractivity contribution is 9.10. The number of likely N-dealkylation sites (N-methyl/N-ethyl adjacent to an activating group) is 2. The van der Waals surface area contributed by atoms with Gasteiger partial charge in [0.1, 0.15) is 22.4 Å². The Morgan fingerprint density at radius 3 is 2.67 bits per heavy atom. The van der Waals surface area contributed by atoms with Crippen LogP contribution in [-0.2, 0) is 0 Å². The van der Waals surface area contributed by atoms with Gasteiger partial charge in [0.05, 0.1) is 0 Å². The first-order chi connectivity index (χ1) is 10.1. The number of halogens is 1. The Labute approximate surface area is 135 Å². The number of aromatic nitrogens is 2. The van der Waals surface area contributed by atoms with Crippen LogP contribution in [0.4, 0.5) is 11.6 Å². The average Bonchev–Trinajstić information content (AvgIpc) is 2.48. The van der Waals surface area contributed by atoms with Crippen LogP contribution in [0.25, 0.3) is 0 Å². The molecule has 6 nitrogen and oxygen atoms in total. The van der Waals surface area contributed by atoms with E-state index < -0.39 is 0 Å². The van der Waals surface area contributed by atoms with E-state index in [0.29, 0.717) is 6.04 Å². The van der Waals surface area contributed by atoms with Gasteiger partial charge in [-0.25, -0.2) is 9.97 Å². The lowest BCUT2D eigenvalue weighted by atomic mass is 10.2. The van der Waals surface area contributed by atoms with Crippen molar-refractivity contribution in [3.8, 4) is 0 Å². The van der Waals surface area contributed by atoms with Gasteiger partial charge < -0.3 is 15.5 Å². The topological polar surface area (TPSA) is 56.3 Å². The minimum Gasteiger partial charge on any atom is -0.369 e. The quantitative estimate of drug-likeness (QED) is 0.809. The van der Waals surface area contributed by atoms with Gasteiger partial charge in [-0.15, -0.1) is 0 Å². The zero-order chi connectivity index (χ0) is 15.2. The summed E-state index contributed by atoms with van der Waals surface area (Å²) in [6.07, 6.45) is 2.67. The summed E-state index contributed by atoms with van der Waals surface area (Å²) in [5.74, 6) is 1.70. The smallest absolute Gasteiger partial charge is 0.146 e. The van der Waals surface area contributed by atoms with Crippen molar-refractivity contribution >= 4 is 27.6 Å². The van der Waals surface area contributed by atoms with Gasteiger partial charge in [0.15, 0.2) is 0 Å². The molecule has 118 valence electrons. The molecule has 0 saturated carbocycles. The van der Waals surface area contributed by atoms with Crippen molar-refractivity contribution in [3.63, 3.8) is 0 Å². The van der Waals surface area contributed by atoms with E-state index in [2.05, 4.69) is 67.4 Å². The molecule has 0 radical (unpaired) electrons. The Morgan fingerprint density at radius 2 is 1.95 bits per heavy atom. The molecule has 1 aliphatic rings. The summed E-state index contributed by atoms with van der Waals surface area (Å²) in [4.78, 5) is 13.4. The second-order valence-electron chi connectivity index (χ2n) is 5.59. The van der Waals surface area contributed by atoms with Crippen molar-refractivity contribution in [1.82, 2.24) is 19.8 Å². The number of hydrogen-bond donors (Lipinski definition) is 2. The zero-order valence-corrected chi connectivity index (χ0v) is 14.7. The SMILES string of the molecule is CCCNc1ncnc(NCC2CN(C)CCN2C)c1Br. The first-order valence-electron chi connectivity index (χ1n) is 7.48. The summed E-state index contributed by atoms with van der Waals surface area (Å²) in [5, 5.41) is 6.74. The van der Waals surface area contributed by atoms with Gasteiger partial charge in [0.2, 0.25) is 0 Å². The fourth-order valence-electron chi connectivity index (χ4n) is 2.40. The highest BCUT2D eigenvalue weighted by Gasteiger charge is 2.22. The molecule has 0 bridgehead atoms. The van der Waals surface area contributed by atoms with Crippen LogP contribution in [-0.4, -0.2) is 72.6 Å². The Hall–Kier alpha value is -0.920. The normalized spacial score (nSPS) is 20.5. The third-order valence-corrected chi connectivity index (χ3v) is 4.57. The summed E-state index contributed by atoms with van der Waals surface area (Å²) in [6.45, 7) is 7.24. The molecule has 1 atom stereocenters. The van der Waals surface area contributed by atoms with Gasteiger partial charge in [-0.05, 0) is 36.4 Å². The standard InChI is InChI=1S/C14H25BrN6/c1-4-5-16-13-12(15)14(19-10-18-13)17-8-11-9-20(2)6-7-21(11)3/h10-11H,4-9H2,1-3H3,(H2,16,17,18,19). The van der Waals surface area contributed by atoms with Crippen LogP contribution in [0, 0.1) is 0 Å². The molecule has 21 heavy (non-hydrogen) atoms. The molecule has 1 saturated heterocycles. The first-order valence-corrected chi connectivity index (χ1v) is 8.28. The maximum atomic E-state index is 4.33. The van der Waals surface area contributed by atoms with E-state index >= 15 is 0 Å². The van der Waals surface area contributed by atoms with Gasteiger partial charge >= 0.3 is 0 Å². The van der Waals surface area contributed by atoms with Crippen LogP contribution in [0.2, 0.25) is 0 Å². The summed E-state index contributed by atoms with van der Waals surface area (Å²) < 4.78 is 0.908. The lowest BCUT2D eigenvalue weighted by molar-refractivity contribution is 0.122. The van der Waals surface area contributed by atoms with Crippen LogP contribution >= 0.6 is 15.9 Å². The minimum atomic E-state index is 0.498. The second kappa shape index (κ2) is 7.91. The van der Waals surface area contributed by atoms with E-state index in [-0.39, 0.29) is 0 Å². The highest BCUT2D eigenvalue weighted by atomic mass is 79.9. The number of piperazine rings is 1. The molecule has 0 aliphatic carbocycles. The highest BCUT2D eigenvalue weighted by Crippen LogP contribution is 2.26. The first kappa shape index (κ1) is 16.5. The Morgan fingerprint density at radius 1 is 1.24 bits per heavy atom. The molecule has 2 N–H and O–H groups in total. The van der Waals surface area contributed by atoms with E-state index in [1.807, 2.05) is 0 Å². The van der Waals surface area contributed by atoms with Crippen LogP contribution in [0.15, 0.2) is 10.8 Å². The molecular formula is C14H25BrN6. The summed E-state index contributed by atoms with van der Waals surface area (Å²) in [6, 6.07) is 0.498. The molecule has 2 rings (SSSR count). The molecule has 1 unspecified atom stereocenters. The lowest BCUT2D eigenvalue weighted by Crippen LogP contribution is -2.52.